The average Bonchev–Trinajstić information content (AvgIpc) is 3.34. The van der Waals surface area contributed by atoms with Crippen LogP contribution in [0.5, 0.6) is 0 Å². The minimum atomic E-state index is -3.42. The Bertz CT molecular complexity index is 1130. The van der Waals surface area contributed by atoms with Crippen LogP contribution in [-0.2, 0) is 21.2 Å². The van der Waals surface area contributed by atoms with Crippen molar-refractivity contribution in [1.29, 1.82) is 0 Å². The lowest BCUT2D eigenvalue weighted by molar-refractivity contribution is -0.116. The van der Waals surface area contributed by atoms with Crippen LogP contribution < -0.4 is 4.31 Å². The molecule has 0 spiro atoms. The fourth-order valence-corrected chi connectivity index (χ4v) is 4.84. The van der Waals surface area contributed by atoms with Crippen molar-refractivity contribution in [1.82, 2.24) is 15.0 Å². The Morgan fingerprint density at radius 1 is 1.29 bits per heavy atom. The molecule has 146 valence electrons. The van der Waals surface area contributed by atoms with Gasteiger partial charge in [-0.15, -0.1) is 0 Å². The van der Waals surface area contributed by atoms with Crippen molar-refractivity contribution < 1.29 is 17.6 Å². The van der Waals surface area contributed by atoms with E-state index in [1.165, 1.54) is 11.2 Å². The Morgan fingerprint density at radius 2 is 2.11 bits per heavy atom. The molecule has 4 heterocycles. The van der Waals surface area contributed by atoms with Crippen molar-refractivity contribution in [3.8, 4) is 22.7 Å². The van der Waals surface area contributed by atoms with E-state index in [9.17, 15) is 13.2 Å². The maximum absolute atomic E-state index is 12.5. The molecule has 0 amide bonds. The van der Waals surface area contributed by atoms with Crippen molar-refractivity contribution in [2.24, 2.45) is 0 Å². The number of pyridine rings is 1. The van der Waals surface area contributed by atoms with Crippen molar-refractivity contribution in [2.45, 2.75) is 26.7 Å². The van der Waals surface area contributed by atoms with Crippen LogP contribution in [0.3, 0.4) is 0 Å². The monoisotopic (exact) mass is 400 g/mol. The lowest BCUT2D eigenvalue weighted by Gasteiger charge is -2.14. The fraction of sp³-hybridized carbons (Fsp3) is 0.316. The number of ketones is 1. The molecule has 1 aliphatic heterocycles. The number of carbonyl (C=O) groups excluding carboxylic acids is 1. The largest absolute Gasteiger partial charge is 0.439 e. The molecule has 9 heteroatoms. The van der Waals surface area contributed by atoms with E-state index in [4.69, 9.17) is 4.42 Å². The van der Waals surface area contributed by atoms with E-state index >= 15 is 0 Å². The number of H-pyrrole nitrogens is 1. The molecule has 4 rings (SSSR count). The van der Waals surface area contributed by atoms with Gasteiger partial charge in [-0.3, -0.25) is 9.78 Å². The molecular weight excluding hydrogens is 380 g/mol. The van der Waals surface area contributed by atoms with Gasteiger partial charge in [-0.25, -0.2) is 17.7 Å². The van der Waals surface area contributed by atoms with E-state index in [2.05, 4.69) is 15.0 Å². The van der Waals surface area contributed by atoms with E-state index in [0.717, 1.165) is 11.1 Å². The number of aryl methyl sites for hydroxylation is 1. The maximum atomic E-state index is 12.5. The number of aromatic nitrogens is 3. The zero-order valence-electron chi connectivity index (χ0n) is 15.6. The number of aromatic amines is 1. The number of furan rings is 1. The molecule has 1 saturated heterocycles. The SMILES string of the molecule is CC(=O)Cc1cc(-c2cc(-c3ncc[nH]3)c(N3CCCS3(=O)=O)o2)c(C)cn1. The average molecular weight is 400 g/mol. The van der Waals surface area contributed by atoms with Gasteiger partial charge < -0.3 is 9.40 Å². The maximum Gasteiger partial charge on any atom is 0.237 e. The number of imidazole rings is 1. The van der Waals surface area contributed by atoms with E-state index in [-0.39, 0.29) is 23.8 Å². The van der Waals surface area contributed by atoms with Gasteiger partial charge in [0.15, 0.2) is 0 Å². The van der Waals surface area contributed by atoms with Crippen molar-refractivity contribution in [3.05, 3.63) is 42.0 Å². The summed E-state index contributed by atoms with van der Waals surface area (Å²) in [6.45, 7) is 3.77. The zero-order valence-corrected chi connectivity index (χ0v) is 16.4. The first-order valence-corrected chi connectivity index (χ1v) is 10.6. The second-order valence-electron chi connectivity index (χ2n) is 6.88. The molecular formula is C19H20N4O4S. The van der Waals surface area contributed by atoms with Crippen molar-refractivity contribution in [2.75, 3.05) is 16.6 Å². The van der Waals surface area contributed by atoms with Gasteiger partial charge in [-0.05, 0) is 38.0 Å². The first-order chi connectivity index (χ1) is 13.3. The van der Waals surface area contributed by atoms with E-state index in [1.807, 2.05) is 13.0 Å². The fourth-order valence-electron chi connectivity index (χ4n) is 3.33. The number of Topliss-reactive ketones (excluding diaryl/α,β-unsaturated/α-hetero) is 1. The van der Waals surface area contributed by atoms with Gasteiger partial charge in [-0.2, -0.15) is 0 Å². The van der Waals surface area contributed by atoms with Gasteiger partial charge in [0.1, 0.15) is 17.4 Å². The predicted octanol–water partition coefficient (Wildman–Crippen LogP) is 2.71. The molecule has 8 nitrogen and oxygen atoms in total. The number of anilines is 1. The van der Waals surface area contributed by atoms with Gasteiger partial charge >= 0.3 is 0 Å². The third kappa shape index (κ3) is 3.33. The van der Waals surface area contributed by atoms with Gasteiger partial charge in [0, 0.05) is 42.8 Å². The molecule has 3 aromatic rings. The summed E-state index contributed by atoms with van der Waals surface area (Å²) >= 11 is 0. The van der Waals surface area contributed by atoms with Crippen LogP contribution in [0.1, 0.15) is 24.6 Å². The lowest BCUT2D eigenvalue weighted by Crippen LogP contribution is -2.25. The van der Waals surface area contributed by atoms with Crippen molar-refractivity contribution >= 4 is 21.7 Å². The summed E-state index contributed by atoms with van der Waals surface area (Å²) < 4.78 is 32.3. The summed E-state index contributed by atoms with van der Waals surface area (Å²) in [5.41, 5.74) is 2.85. The first kappa shape index (κ1) is 18.4. The van der Waals surface area contributed by atoms with Crippen LogP contribution in [0.15, 0.2) is 35.1 Å². The standard InChI is InChI=1S/C19H20N4O4S/c1-12-11-22-14(8-13(2)24)9-15(12)17-10-16(18-20-4-5-21-18)19(27-17)23-6-3-7-28(23,25)26/h4-5,9-11H,3,6-8H2,1-2H3,(H,20,21). The quantitative estimate of drug-likeness (QED) is 0.705. The van der Waals surface area contributed by atoms with Crippen LogP contribution in [0, 0.1) is 6.92 Å². The Morgan fingerprint density at radius 3 is 2.75 bits per heavy atom. The van der Waals surface area contributed by atoms with Gasteiger partial charge in [0.2, 0.25) is 15.9 Å². The smallest absolute Gasteiger partial charge is 0.237 e. The van der Waals surface area contributed by atoms with E-state index < -0.39 is 10.0 Å². The zero-order chi connectivity index (χ0) is 19.9. The molecule has 0 aromatic carbocycles. The Kier molecular flexibility index (Phi) is 4.54. The number of carbonyl (C=O) groups is 1. The molecule has 3 aromatic heterocycles. The van der Waals surface area contributed by atoms with Gasteiger partial charge in [0.25, 0.3) is 0 Å². The van der Waals surface area contributed by atoms with Crippen LogP contribution in [0.2, 0.25) is 0 Å². The minimum absolute atomic E-state index is 0.0156. The molecule has 1 fully saturated rings. The molecule has 0 bridgehead atoms. The number of nitrogens with zero attached hydrogens (tertiary/aromatic N) is 3. The number of nitrogens with one attached hydrogen (secondary N) is 1. The molecule has 1 aliphatic rings. The number of sulfonamides is 1. The first-order valence-electron chi connectivity index (χ1n) is 8.94. The van der Waals surface area contributed by atoms with E-state index in [1.54, 1.807) is 24.7 Å². The third-order valence-electron chi connectivity index (χ3n) is 4.65. The summed E-state index contributed by atoms with van der Waals surface area (Å²) in [5, 5.41) is 0. The highest BCUT2D eigenvalue weighted by Crippen LogP contribution is 2.40. The van der Waals surface area contributed by atoms with Gasteiger partial charge in [0.05, 0.1) is 11.3 Å². The summed E-state index contributed by atoms with van der Waals surface area (Å²) in [6.07, 6.45) is 5.74. The Hall–Kier alpha value is -2.94. The van der Waals surface area contributed by atoms with E-state index in [0.29, 0.717) is 35.8 Å². The minimum Gasteiger partial charge on any atom is -0.439 e. The predicted molar refractivity (Wildman–Crippen MR) is 104 cm³/mol. The molecule has 0 unspecified atom stereocenters. The third-order valence-corrected chi connectivity index (χ3v) is 6.47. The molecule has 0 aliphatic carbocycles. The molecule has 28 heavy (non-hydrogen) atoms. The molecule has 0 atom stereocenters. The number of hydrogen-bond acceptors (Lipinski definition) is 6. The summed E-state index contributed by atoms with van der Waals surface area (Å²) in [4.78, 5) is 23.0. The molecule has 0 saturated carbocycles. The van der Waals surface area contributed by atoms with Crippen LogP contribution in [0.4, 0.5) is 5.88 Å². The lowest BCUT2D eigenvalue weighted by atomic mass is 10.1. The highest BCUT2D eigenvalue weighted by atomic mass is 32.2. The Balaban J connectivity index is 1.86. The number of hydrogen-bond donors (Lipinski definition) is 1. The Labute approximate surface area is 162 Å². The van der Waals surface area contributed by atoms with Crippen LogP contribution >= 0.6 is 0 Å². The highest BCUT2D eigenvalue weighted by Gasteiger charge is 2.34. The second kappa shape index (κ2) is 6.90. The highest BCUT2D eigenvalue weighted by molar-refractivity contribution is 7.93. The number of rotatable bonds is 5. The normalized spacial score (nSPS) is 15.9. The van der Waals surface area contributed by atoms with Crippen molar-refractivity contribution in [3.63, 3.8) is 0 Å². The van der Waals surface area contributed by atoms with Gasteiger partial charge in [-0.1, -0.05) is 0 Å². The second-order valence-corrected chi connectivity index (χ2v) is 8.89. The molecule has 0 radical (unpaired) electrons. The van der Waals surface area contributed by atoms with Crippen LogP contribution in [-0.4, -0.2) is 41.5 Å². The van der Waals surface area contributed by atoms with Crippen LogP contribution in [0.25, 0.3) is 22.7 Å². The summed E-state index contributed by atoms with van der Waals surface area (Å²) in [7, 11) is -3.42. The summed E-state index contributed by atoms with van der Waals surface area (Å²) in [5.74, 6) is 1.40. The molecule has 1 N–H and O–H groups in total. The topological polar surface area (TPSA) is 109 Å². The summed E-state index contributed by atoms with van der Waals surface area (Å²) in [6, 6.07) is 3.59.